The van der Waals surface area contributed by atoms with Gasteiger partial charge in [-0.25, -0.2) is 0 Å². The Morgan fingerprint density at radius 3 is 2.30 bits per heavy atom. The topological polar surface area (TPSA) is 71.3 Å². The highest BCUT2D eigenvalue weighted by Gasteiger charge is 2.21. The zero-order valence-electron chi connectivity index (χ0n) is 16.4. The number of para-hydroxylation sites is 1. The number of hydrogen-bond donors (Lipinski definition) is 2. The molecule has 0 saturated carbocycles. The summed E-state index contributed by atoms with van der Waals surface area (Å²) in [6.07, 6.45) is 3.14. The van der Waals surface area contributed by atoms with Crippen molar-refractivity contribution < 1.29 is 14.0 Å². The van der Waals surface area contributed by atoms with Crippen molar-refractivity contribution in [1.82, 2.24) is 0 Å². The molecular formula is C25H20N2O3. The predicted molar refractivity (Wildman–Crippen MR) is 119 cm³/mol. The number of rotatable bonds is 5. The van der Waals surface area contributed by atoms with Crippen LogP contribution in [0, 0.1) is 6.92 Å². The van der Waals surface area contributed by atoms with E-state index in [4.69, 9.17) is 4.42 Å². The Kier molecular flexibility index (Phi) is 5.44. The van der Waals surface area contributed by atoms with Crippen LogP contribution >= 0.6 is 0 Å². The highest BCUT2D eigenvalue weighted by molar-refractivity contribution is 6.16. The summed E-state index contributed by atoms with van der Waals surface area (Å²) >= 11 is 0. The molecule has 0 atom stereocenters. The van der Waals surface area contributed by atoms with Crippen LogP contribution in [0.5, 0.6) is 0 Å². The molecule has 0 aliphatic carbocycles. The maximum Gasteiger partial charge on any atom is 0.293 e. The molecule has 5 heteroatoms. The second-order valence-corrected chi connectivity index (χ2v) is 6.86. The van der Waals surface area contributed by atoms with Crippen LogP contribution in [0.3, 0.4) is 0 Å². The quantitative estimate of drug-likeness (QED) is 0.429. The van der Waals surface area contributed by atoms with Crippen LogP contribution in [0.25, 0.3) is 17.0 Å². The molecule has 0 aliphatic heterocycles. The van der Waals surface area contributed by atoms with E-state index in [1.54, 1.807) is 18.2 Å². The molecule has 148 valence electrons. The number of amides is 2. The van der Waals surface area contributed by atoms with E-state index in [0.717, 1.165) is 11.1 Å². The van der Waals surface area contributed by atoms with Crippen LogP contribution < -0.4 is 10.6 Å². The van der Waals surface area contributed by atoms with Gasteiger partial charge < -0.3 is 15.1 Å². The Labute approximate surface area is 174 Å². The SMILES string of the molecule is Cc1ccc(NC(=O)c2oc3ccccc3c2NC(=O)/C=C\c2ccccc2)cc1. The zero-order chi connectivity index (χ0) is 20.9. The number of fused-ring (bicyclic) bond motifs is 1. The van der Waals surface area contributed by atoms with Gasteiger partial charge in [0.15, 0.2) is 0 Å². The van der Waals surface area contributed by atoms with Crippen molar-refractivity contribution in [3.63, 3.8) is 0 Å². The third-order valence-electron chi connectivity index (χ3n) is 4.59. The van der Waals surface area contributed by atoms with Gasteiger partial charge in [-0.15, -0.1) is 0 Å². The minimum atomic E-state index is -0.433. The van der Waals surface area contributed by atoms with Crippen LogP contribution in [0.1, 0.15) is 21.7 Å². The van der Waals surface area contributed by atoms with Gasteiger partial charge in [-0.05, 0) is 42.8 Å². The van der Waals surface area contributed by atoms with Gasteiger partial charge >= 0.3 is 0 Å². The van der Waals surface area contributed by atoms with E-state index < -0.39 is 5.91 Å². The first-order chi connectivity index (χ1) is 14.6. The minimum Gasteiger partial charge on any atom is -0.449 e. The summed E-state index contributed by atoms with van der Waals surface area (Å²) in [5, 5.41) is 6.28. The Morgan fingerprint density at radius 1 is 0.833 bits per heavy atom. The lowest BCUT2D eigenvalue weighted by atomic mass is 10.2. The van der Waals surface area contributed by atoms with Crippen LogP contribution in [-0.2, 0) is 4.79 Å². The maximum atomic E-state index is 12.9. The van der Waals surface area contributed by atoms with Crippen molar-refractivity contribution in [2.24, 2.45) is 0 Å². The highest BCUT2D eigenvalue weighted by atomic mass is 16.3. The summed E-state index contributed by atoms with van der Waals surface area (Å²) in [5.74, 6) is -0.731. The molecule has 5 nitrogen and oxygen atoms in total. The molecule has 1 aromatic heterocycles. The number of benzene rings is 3. The Bertz CT molecular complexity index is 1220. The van der Waals surface area contributed by atoms with Crippen molar-refractivity contribution in [1.29, 1.82) is 0 Å². The first-order valence-electron chi connectivity index (χ1n) is 9.54. The van der Waals surface area contributed by atoms with Crippen molar-refractivity contribution in [3.8, 4) is 0 Å². The van der Waals surface area contributed by atoms with Crippen molar-refractivity contribution in [3.05, 3.63) is 102 Å². The largest absolute Gasteiger partial charge is 0.449 e. The molecule has 0 bridgehead atoms. The molecule has 4 rings (SSSR count). The average molecular weight is 396 g/mol. The maximum absolute atomic E-state index is 12.9. The second-order valence-electron chi connectivity index (χ2n) is 6.86. The number of aryl methyl sites for hydroxylation is 1. The van der Waals surface area contributed by atoms with Gasteiger partial charge in [0.2, 0.25) is 11.7 Å². The monoisotopic (exact) mass is 396 g/mol. The van der Waals surface area contributed by atoms with Gasteiger partial charge in [-0.2, -0.15) is 0 Å². The summed E-state index contributed by atoms with van der Waals surface area (Å²) in [5.41, 5.74) is 3.51. The molecule has 2 N–H and O–H groups in total. The van der Waals surface area contributed by atoms with Gasteiger partial charge in [0, 0.05) is 17.1 Å². The molecule has 1 heterocycles. The fraction of sp³-hybridized carbons (Fsp3) is 0.0400. The molecule has 0 saturated heterocycles. The number of hydrogen-bond acceptors (Lipinski definition) is 3. The lowest BCUT2D eigenvalue weighted by molar-refractivity contribution is -0.111. The lowest BCUT2D eigenvalue weighted by Crippen LogP contribution is -2.15. The summed E-state index contributed by atoms with van der Waals surface area (Å²) in [4.78, 5) is 25.4. The van der Waals surface area contributed by atoms with E-state index in [0.29, 0.717) is 22.3 Å². The zero-order valence-corrected chi connectivity index (χ0v) is 16.4. The molecule has 4 aromatic rings. The molecule has 0 radical (unpaired) electrons. The van der Waals surface area contributed by atoms with Gasteiger partial charge in [-0.1, -0.05) is 60.2 Å². The molecule has 0 spiro atoms. The normalized spacial score (nSPS) is 11.0. The van der Waals surface area contributed by atoms with E-state index in [2.05, 4.69) is 10.6 Å². The number of carbonyl (C=O) groups excluding carboxylic acids is 2. The molecule has 0 aliphatic rings. The molecule has 2 amide bonds. The van der Waals surface area contributed by atoms with Crippen LogP contribution in [0.4, 0.5) is 11.4 Å². The fourth-order valence-corrected chi connectivity index (χ4v) is 3.06. The molecular weight excluding hydrogens is 376 g/mol. The Morgan fingerprint density at radius 2 is 1.53 bits per heavy atom. The number of carbonyl (C=O) groups is 2. The van der Waals surface area contributed by atoms with E-state index in [1.807, 2.05) is 73.7 Å². The molecule has 0 fully saturated rings. The van der Waals surface area contributed by atoms with Crippen LogP contribution in [0.15, 0.2) is 89.4 Å². The van der Waals surface area contributed by atoms with Crippen molar-refractivity contribution >= 4 is 40.2 Å². The number of anilines is 2. The molecule has 30 heavy (non-hydrogen) atoms. The first kappa shape index (κ1) is 19.2. The lowest BCUT2D eigenvalue weighted by Gasteiger charge is -2.06. The Hall–Kier alpha value is -4.12. The van der Waals surface area contributed by atoms with Gasteiger partial charge in [0.25, 0.3) is 5.91 Å². The van der Waals surface area contributed by atoms with E-state index >= 15 is 0 Å². The van der Waals surface area contributed by atoms with E-state index in [1.165, 1.54) is 6.08 Å². The summed E-state index contributed by atoms with van der Waals surface area (Å²) in [6.45, 7) is 1.97. The Balaban J connectivity index is 1.61. The number of furan rings is 1. The van der Waals surface area contributed by atoms with E-state index in [-0.39, 0.29) is 11.7 Å². The summed E-state index contributed by atoms with van der Waals surface area (Å²) in [7, 11) is 0. The summed E-state index contributed by atoms with van der Waals surface area (Å²) in [6, 6.07) is 24.2. The molecule has 0 unspecified atom stereocenters. The fourth-order valence-electron chi connectivity index (χ4n) is 3.06. The van der Waals surface area contributed by atoms with Crippen LogP contribution in [0.2, 0.25) is 0 Å². The van der Waals surface area contributed by atoms with Gasteiger partial charge in [0.05, 0.1) is 0 Å². The smallest absolute Gasteiger partial charge is 0.293 e. The van der Waals surface area contributed by atoms with Gasteiger partial charge in [-0.3, -0.25) is 9.59 Å². The third-order valence-corrected chi connectivity index (χ3v) is 4.59. The van der Waals surface area contributed by atoms with Gasteiger partial charge in [0.1, 0.15) is 11.3 Å². The first-order valence-corrected chi connectivity index (χ1v) is 9.54. The standard InChI is InChI=1S/C25H20N2O3/c1-17-11-14-19(15-12-17)26-25(29)24-23(20-9-5-6-10-21(20)30-24)27-22(28)16-13-18-7-3-2-4-8-18/h2-16H,1H3,(H,26,29)(H,27,28)/b16-13-. The van der Waals surface area contributed by atoms with Crippen molar-refractivity contribution in [2.45, 2.75) is 6.92 Å². The molecule has 3 aromatic carbocycles. The third kappa shape index (κ3) is 4.31. The van der Waals surface area contributed by atoms with Crippen LogP contribution in [-0.4, -0.2) is 11.8 Å². The summed E-state index contributed by atoms with van der Waals surface area (Å²) < 4.78 is 5.77. The second kappa shape index (κ2) is 8.49. The van der Waals surface area contributed by atoms with E-state index in [9.17, 15) is 9.59 Å². The van der Waals surface area contributed by atoms with Crippen molar-refractivity contribution in [2.75, 3.05) is 10.6 Å². The predicted octanol–water partition coefficient (Wildman–Crippen LogP) is 5.65. The highest BCUT2D eigenvalue weighted by Crippen LogP contribution is 2.31. The number of nitrogens with one attached hydrogen (secondary N) is 2. The minimum absolute atomic E-state index is 0.0539. The average Bonchev–Trinajstić information content (AvgIpc) is 3.13.